The first kappa shape index (κ1) is 13.1. The van der Waals surface area contributed by atoms with Crippen molar-refractivity contribution in [1.29, 1.82) is 0 Å². The van der Waals surface area contributed by atoms with E-state index in [1.807, 2.05) is 13.8 Å². The second-order valence-corrected chi connectivity index (χ2v) is 4.41. The van der Waals surface area contributed by atoms with Gasteiger partial charge in [0.1, 0.15) is 0 Å². The fourth-order valence-corrected chi connectivity index (χ4v) is 1.62. The summed E-state index contributed by atoms with van der Waals surface area (Å²) in [5, 5.41) is 9.84. The molecular weight excluding hydrogens is 212 g/mol. The molecule has 0 fully saturated rings. The summed E-state index contributed by atoms with van der Waals surface area (Å²) in [5.41, 5.74) is 6.08. The van der Waals surface area contributed by atoms with Crippen LogP contribution in [0, 0.1) is 17.6 Å². The third kappa shape index (κ3) is 3.25. The molecule has 0 aliphatic rings. The van der Waals surface area contributed by atoms with Crippen molar-refractivity contribution < 1.29 is 13.9 Å². The summed E-state index contributed by atoms with van der Waals surface area (Å²) in [4.78, 5) is 0. The first-order chi connectivity index (χ1) is 7.41. The summed E-state index contributed by atoms with van der Waals surface area (Å²) in [5.74, 6) is -1.54. The Balaban J connectivity index is 2.79. The third-order valence-corrected chi connectivity index (χ3v) is 2.43. The van der Waals surface area contributed by atoms with Gasteiger partial charge in [-0.3, -0.25) is 0 Å². The Kier molecular flexibility index (Phi) is 4.38. The van der Waals surface area contributed by atoms with E-state index in [1.165, 1.54) is 6.07 Å². The summed E-state index contributed by atoms with van der Waals surface area (Å²) < 4.78 is 25.6. The summed E-state index contributed by atoms with van der Waals surface area (Å²) >= 11 is 0. The van der Waals surface area contributed by atoms with E-state index < -0.39 is 23.8 Å². The lowest BCUT2D eigenvalue weighted by Gasteiger charge is -2.20. The van der Waals surface area contributed by atoms with Crippen molar-refractivity contribution in [3.05, 3.63) is 35.4 Å². The van der Waals surface area contributed by atoms with Crippen LogP contribution in [0.4, 0.5) is 8.78 Å². The van der Waals surface area contributed by atoms with Crippen LogP contribution in [0.1, 0.15) is 31.9 Å². The maximum absolute atomic E-state index is 12.9. The highest BCUT2D eigenvalue weighted by atomic mass is 19.2. The molecule has 0 aliphatic carbocycles. The van der Waals surface area contributed by atoms with E-state index in [-0.39, 0.29) is 0 Å². The van der Waals surface area contributed by atoms with Gasteiger partial charge in [-0.1, -0.05) is 19.9 Å². The average Bonchev–Trinajstić information content (AvgIpc) is 2.20. The quantitative estimate of drug-likeness (QED) is 0.832. The van der Waals surface area contributed by atoms with Gasteiger partial charge in [0, 0.05) is 6.04 Å². The van der Waals surface area contributed by atoms with Crippen LogP contribution in [0.2, 0.25) is 0 Å². The topological polar surface area (TPSA) is 46.2 Å². The Hall–Kier alpha value is -1.00. The van der Waals surface area contributed by atoms with Gasteiger partial charge in [0.05, 0.1) is 6.10 Å². The largest absolute Gasteiger partial charge is 0.387 e. The highest BCUT2D eigenvalue weighted by Gasteiger charge is 2.19. The van der Waals surface area contributed by atoms with Crippen LogP contribution >= 0.6 is 0 Å². The van der Waals surface area contributed by atoms with E-state index in [2.05, 4.69) is 0 Å². The van der Waals surface area contributed by atoms with Crippen molar-refractivity contribution in [2.75, 3.05) is 0 Å². The molecule has 0 amide bonds. The highest BCUT2D eigenvalue weighted by Crippen LogP contribution is 2.21. The van der Waals surface area contributed by atoms with Gasteiger partial charge in [0.15, 0.2) is 11.6 Å². The van der Waals surface area contributed by atoms with Gasteiger partial charge in [-0.05, 0) is 30.0 Å². The lowest BCUT2D eigenvalue weighted by atomic mass is 9.95. The molecule has 0 saturated carbocycles. The molecule has 0 heterocycles. The van der Waals surface area contributed by atoms with Gasteiger partial charge in [0.2, 0.25) is 0 Å². The predicted octanol–water partition coefficient (Wildman–Crippen LogP) is 2.37. The van der Waals surface area contributed by atoms with Crippen LogP contribution in [-0.4, -0.2) is 11.1 Å². The van der Waals surface area contributed by atoms with E-state index in [9.17, 15) is 13.9 Å². The molecule has 0 bridgehead atoms. The maximum atomic E-state index is 12.9. The molecule has 1 aromatic carbocycles. The zero-order valence-corrected chi connectivity index (χ0v) is 9.45. The Bertz CT molecular complexity index is 355. The minimum Gasteiger partial charge on any atom is -0.387 e. The number of aliphatic hydroxyl groups is 1. The van der Waals surface area contributed by atoms with E-state index in [0.29, 0.717) is 17.9 Å². The maximum Gasteiger partial charge on any atom is 0.159 e. The summed E-state index contributed by atoms with van der Waals surface area (Å²) in [6, 6.07) is 2.87. The van der Waals surface area contributed by atoms with Crippen LogP contribution in [0.15, 0.2) is 18.2 Å². The van der Waals surface area contributed by atoms with Crippen molar-refractivity contribution in [1.82, 2.24) is 0 Å². The fourth-order valence-electron chi connectivity index (χ4n) is 1.62. The highest BCUT2D eigenvalue weighted by molar-refractivity contribution is 5.21. The van der Waals surface area contributed by atoms with Crippen LogP contribution in [0.5, 0.6) is 0 Å². The second-order valence-electron chi connectivity index (χ2n) is 4.41. The van der Waals surface area contributed by atoms with Crippen LogP contribution < -0.4 is 5.73 Å². The minimum atomic E-state index is -0.965. The molecule has 2 atom stereocenters. The molecule has 2 nitrogen and oxygen atoms in total. The van der Waals surface area contributed by atoms with E-state index in [1.54, 1.807) is 0 Å². The molecule has 4 heteroatoms. The monoisotopic (exact) mass is 229 g/mol. The normalized spacial score (nSPS) is 15.2. The number of aliphatic hydroxyl groups excluding tert-OH is 1. The number of hydrogen-bond donors (Lipinski definition) is 2. The van der Waals surface area contributed by atoms with Gasteiger partial charge < -0.3 is 10.8 Å². The molecular formula is C12H17F2NO. The molecule has 2 unspecified atom stereocenters. The minimum absolute atomic E-state index is 0.312. The molecule has 1 aromatic rings. The molecule has 0 radical (unpaired) electrons. The molecule has 0 spiro atoms. The molecule has 1 rings (SSSR count). The summed E-state index contributed by atoms with van der Waals surface area (Å²) in [6.45, 7) is 3.97. The Morgan fingerprint density at radius 2 is 1.88 bits per heavy atom. The zero-order valence-electron chi connectivity index (χ0n) is 9.45. The number of rotatable bonds is 4. The van der Waals surface area contributed by atoms with Crippen LogP contribution in [0.25, 0.3) is 0 Å². The molecule has 16 heavy (non-hydrogen) atoms. The molecule has 90 valence electrons. The SMILES string of the molecule is CC(C)CC(N)C(O)c1ccc(F)c(F)c1. The Labute approximate surface area is 94.1 Å². The van der Waals surface area contributed by atoms with E-state index in [0.717, 1.165) is 12.1 Å². The summed E-state index contributed by atoms with van der Waals surface area (Å²) in [6.07, 6.45) is -0.335. The molecule has 0 saturated heterocycles. The first-order valence-corrected chi connectivity index (χ1v) is 5.30. The number of benzene rings is 1. The number of nitrogens with two attached hydrogens (primary N) is 1. The zero-order chi connectivity index (χ0) is 12.3. The lowest BCUT2D eigenvalue weighted by Crippen LogP contribution is -2.29. The van der Waals surface area contributed by atoms with E-state index >= 15 is 0 Å². The Morgan fingerprint density at radius 1 is 1.25 bits per heavy atom. The van der Waals surface area contributed by atoms with Gasteiger partial charge in [-0.2, -0.15) is 0 Å². The van der Waals surface area contributed by atoms with Crippen molar-refractivity contribution in [2.24, 2.45) is 11.7 Å². The molecule has 0 aromatic heterocycles. The smallest absolute Gasteiger partial charge is 0.159 e. The van der Waals surface area contributed by atoms with Crippen molar-refractivity contribution in [2.45, 2.75) is 32.4 Å². The van der Waals surface area contributed by atoms with Crippen molar-refractivity contribution >= 4 is 0 Å². The average molecular weight is 229 g/mol. The first-order valence-electron chi connectivity index (χ1n) is 5.30. The predicted molar refractivity (Wildman–Crippen MR) is 58.7 cm³/mol. The van der Waals surface area contributed by atoms with Crippen LogP contribution in [-0.2, 0) is 0 Å². The summed E-state index contributed by atoms with van der Waals surface area (Å²) in [7, 11) is 0. The Morgan fingerprint density at radius 3 is 2.38 bits per heavy atom. The lowest BCUT2D eigenvalue weighted by molar-refractivity contribution is 0.135. The second kappa shape index (κ2) is 5.37. The third-order valence-electron chi connectivity index (χ3n) is 2.43. The van der Waals surface area contributed by atoms with Gasteiger partial charge in [-0.25, -0.2) is 8.78 Å². The van der Waals surface area contributed by atoms with Crippen LogP contribution in [0.3, 0.4) is 0 Å². The van der Waals surface area contributed by atoms with Crippen molar-refractivity contribution in [3.63, 3.8) is 0 Å². The van der Waals surface area contributed by atoms with Crippen molar-refractivity contribution in [3.8, 4) is 0 Å². The molecule has 0 aliphatic heterocycles. The number of hydrogen-bond acceptors (Lipinski definition) is 2. The van der Waals surface area contributed by atoms with Gasteiger partial charge in [0.25, 0.3) is 0 Å². The van der Waals surface area contributed by atoms with Gasteiger partial charge >= 0.3 is 0 Å². The molecule has 3 N–H and O–H groups in total. The van der Waals surface area contributed by atoms with E-state index in [4.69, 9.17) is 5.73 Å². The standard InChI is InChI=1S/C12H17F2NO/c1-7(2)5-11(15)12(16)8-3-4-9(13)10(14)6-8/h3-4,6-7,11-12,16H,5,15H2,1-2H3. The fraction of sp³-hybridized carbons (Fsp3) is 0.500. The van der Waals surface area contributed by atoms with Gasteiger partial charge in [-0.15, -0.1) is 0 Å². The number of halogens is 2.